The van der Waals surface area contributed by atoms with Crippen molar-refractivity contribution in [1.82, 2.24) is 15.1 Å². The first-order valence-electron chi connectivity index (χ1n) is 6.45. The van der Waals surface area contributed by atoms with Gasteiger partial charge in [0, 0.05) is 24.5 Å². The van der Waals surface area contributed by atoms with E-state index in [1.54, 1.807) is 23.0 Å². The van der Waals surface area contributed by atoms with Crippen molar-refractivity contribution in [2.45, 2.75) is 19.5 Å². The van der Waals surface area contributed by atoms with E-state index in [-0.39, 0.29) is 5.91 Å². The fourth-order valence-corrected chi connectivity index (χ4v) is 2.23. The minimum Gasteiger partial charge on any atom is -0.477 e. The molecule has 20 heavy (non-hydrogen) atoms. The standard InChI is InChI=1S/C14H14ClN3O2/c15-11-4-2-10(3-5-11)8-16-13(19)12-9-17-18-6-1-7-20-14(12)18/h2-5,9H,1,6-8H2,(H,16,19). The van der Waals surface area contributed by atoms with Gasteiger partial charge >= 0.3 is 0 Å². The Morgan fingerprint density at radius 2 is 2.20 bits per heavy atom. The number of rotatable bonds is 3. The van der Waals surface area contributed by atoms with Gasteiger partial charge in [0.25, 0.3) is 5.91 Å². The van der Waals surface area contributed by atoms with Gasteiger partial charge in [-0.2, -0.15) is 5.10 Å². The minimum absolute atomic E-state index is 0.178. The summed E-state index contributed by atoms with van der Waals surface area (Å²) in [6.07, 6.45) is 2.47. The van der Waals surface area contributed by atoms with Crippen LogP contribution in [0.3, 0.4) is 0 Å². The van der Waals surface area contributed by atoms with Gasteiger partial charge in [0.05, 0.1) is 12.8 Å². The van der Waals surface area contributed by atoms with E-state index in [2.05, 4.69) is 10.4 Å². The van der Waals surface area contributed by atoms with Crippen LogP contribution >= 0.6 is 11.6 Å². The number of nitrogens with one attached hydrogen (secondary N) is 1. The maximum Gasteiger partial charge on any atom is 0.258 e. The highest BCUT2D eigenvalue weighted by atomic mass is 35.5. The summed E-state index contributed by atoms with van der Waals surface area (Å²) < 4.78 is 7.23. The predicted octanol–water partition coefficient (Wildman–Crippen LogP) is 2.25. The molecular weight excluding hydrogens is 278 g/mol. The summed E-state index contributed by atoms with van der Waals surface area (Å²) in [5, 5.41) is 7.69. The second-order valence-corrected chi connectivity index (χ2v) is 5.03. The molecule has 0 fully saturated rings. The first kappa shape index (κ1) is 13.0. The lowest BCUT2D eigenvalue weighted by molar-refractivity contribution is 0.0944. The number of amides is 1. The highest BCUT2D eigenvalue weighted by molar-refractivity contribution is 6.30. The Hall–Kier alpha value is -2.01. The predicted molar refractivity (Wildman–Crippen MR) is 75.0 cm³/mol. The summed E-state index contributed by atoms with van der Waals surface area (Å²) in [7, 11) is 0. The molecule has 0 aliphatic carbocycles. The van der Waals surface area contributed by atoms with E-state index in [4.69, 9.17) is 16.3 Å². The molecule has 1 amide bonds. The summed E-state index contributed by atoms with van der Waals surface area (Å²) >= 11 is 5.82. The number of halogens is 1. The lowest BCUT2D eigenvalue weighted by atomic mass is 10.2. The van der Waals surface area contributed by atoms with Gasteiger partial charge in [-0.3, -0.25) is 4.79 Å². The van der Waals surface area contributed by atoms with Crippen molar-refractivity contribution in [3.63, 3.8) is 0 Å². The molecule has 0 spiro atoms. The van der Waals surface area contributed by atoms with Gasteiger partial charge < -0.3 is 10.1 Å². The van der Waals surface area contributed by atoms with Gasteiger partial charge in [-0.15, -0.1) is 0 Å². The summed E-state index contributed by atoms with van der Waals surface area (Å²) in [5.74, 6) is 0.382. The van der Waals surface area contributed by atoms with Crippen LogP contribution in [0, 0.1) is 0 Å². The van der Waals surface area contributed by atoms with Crippen molar-refractivity contribution in [1.29, 1.82) is 0 Å². The molecule has 1 aliphatic heterocycles. The maximum absolute atomic E-state index is 12.1. The second kappa shape index (κ2) is 5.54. The van der Waals surface area contributed by atoms with E-state index in [1.807, 2.05) is 12.1 Å². The van der Waals surface area contributed by atoms with Crippen molar-refractivity contribution >= 4 is 17.5 Å². The molecule has 0 bridgehead atoms. The van der Waals surface area contributed by atoms with Crippen molar-refractivity contribution in [3.8, 4) is 5.88 Å². The third kappa shape index (κ3) is 2.63. The van der Waals surface area contributed by atoms with Crippen molar-refractivity contribution in [2.75, 3.05) is 6.61 Å². The number of ether oxygens (including phenoxy) is 1. The molecule has 2 heterocycles. The summed E-state index contributed by atoms with van der Waals surface area (Å²) in [4.78, 5) is 12.1. The Labute approximate surface area is 121 Å². The Morgan fingerprint density at radius 3 is 3.00 bits per heavy atom. The van der Waals surface area contributed by atoms with Crippen LogP contribution in [0.2, 0.25) is 5.02 Å². The largest absolute Gasteiger partial charge is 0.477 e. The molecule has 0 unspecified atom stereocenters. The molecule has 0 saturated heterocycles. The molecule has 1 aromatic carbocycles. The van der Waals surface area contributed by atoms with Crippen LogP contribution in [0.15, 0.2) is 30.5 Å². The fourth-order valence-electron chi connectivity index (χ4n) is 2.10. The van der Waals surface area contributed by atoms with Gasteiger partial charge in [0.2, 0.25) is 5.88 Å². The quantitative estimate of drug-likeness (QED) is 0.943. The van der Waals surface area contributed by atoms with Crippen LogP contribution in [0.4, 0.5) is 0 Å². The summed E-state index contributed by atoms with van der Waals surface area (Å²) in [5.41, 5.74) is 1.48. The van der Waals surface area contributed by atoms with E-state index in [0.29, 0.717) is 29.6 Å². The molecule has 2 aromatic rings. The van der Waals surface area contributed by atoms with E-state index < -0.39 is 0 Å². The maximum atomic E-state index is 12.1. The highest BCUT2D eigenvalue weighted by Gasteiger charge is 2.21. The SMILES string of the molecule is O=C(NCc1ccc(Cl)cc1)c1cnn2c1OCCC2. The number of carbonyl (C=O) groups excluding carboxylic acids is 1. The minimum atomic E-state index is -0.178. The number of fused-ring (bicyclic) bond motifs is 1. The molecule has 1 N–H and O–H groups in total. The molecule has 6 heteroatoms. The number of hydrogen-bond acceptors (Lipinski definition) is 3. The van der Waals surface area contributed by atoms with Crippen molar-refractivity contribution in [2.24, 2.45) is 0 Å². The van der Waals surface area contributed by atoms with Crippen LogP contribution in [0.5, 0.6) is 5.88 Å². The van der Waals surface area contributed by atoms with Gasteiger partial charge in [0.15, 0.2) is 0 Å². The van der Waals surface area contributed by atoms with Crippen LogP contribution in [-0.2, 0) is 13.1 Å². The molecule has 104 valence electrons. The number of aryl methyl sites for hydroxylation is 1. The Bertz CT molecular complexity index is 622. The first-order chi connectivity index (χ1) is 9.74. The molecule has 0 atom stereocenters. The molecular formula is C14H14ClN3O2. The highest BCUT2D eigenvalue weighted by Crippen LogP contribution is 2.22. The molecule has 0 saturated carbocycles. The Morgan fingerprint density at radius 1 is 1.40 bits per heavy atom. The van der Waals surface area contributed by atoms with Gasteiger partial charge in [-0.1, -0.05) is 23.7 Å². The zero-order chi connectivity index (χ0) is 13.9. The van der Waals surface area contributed by atoms with Crippen LogP contribution in [0.1, 0.15) is 22.3 Å². The van der Waals surface area contributed by atoms with E-state index in [0.717, 1.165) is 18.5 Å². The zero-order valence-corrected chi connectivity index (χ0v) is 11.6. The lowest BCUT2D eigenvalue weighted by Gasteiger charge is -2.15. The normalized spacial score (nSPS) is 13.4. The fraction of sp³-hybridized carbons (Fsp3) is 0.286. The van der Waals surface area contributed by atoms with E-state index in [1.165, 1.54) is 0 Å². The second-order valence-electron chi connectivity index (χ2n) is 4.60. The Kier molecular flexibility index (Phi) is 3.60. The number of hydrogen-bond donors (Lipinski definition) is 1. The van der Waals surface area contributed by atoms with Gasteiger partial charge in [-0.25, -0.2) is 4.68 Å². The lowest BCUT2D eigenvalue weighted by Crippen LogP contribution is -2.24. The molecule has 5 nitrogen and oxygen atoms in total. The Balaban J connectivity index is 1.67. The monoisotopic (exact) mass is 291 g/mol. The van der Waals surface area contributed by atoms with E-state index in [9.17, 15) is 4.79 Å². The third-order valence-corrected chi connectivity index (χ3v) is 3.41. The molecule has 3 rings (SSSR count). The average molecular weight is 292 g/mol. The summed E-state index contributed by atoms with van der Waals surface area (Å²) in [6, 6.07) is 7.36. The first-order valence-corrected chi connectivity index (χ1v) is 6.83. The molecule has 1 aliphatic rings. The number of nitrogens with zero attached hydrogens (tertiary/aromatic N) is 2. The zero-order valence-electron chi connectivity index (χ0n) is 10.8. The van der Waals surface area contributed by atoms with Crippen molar-refractivity contribution < 1.29 is 9.53 Å². The molecule has 1 aromatic heterocycles. The van der Waals surface area contributed by atoms with Crippen LogP contribution in [0.25, 0.3) is 0 Å². The number of aromatic nitrogens is 2. The van der Waals surface area contributed by atoms with Crippen LogP contribution < -0.4 is 10.1 Å². The van der Waals surface area contributed by atoms with Gasteiger partial charge in [-0.05, 0) is 17.7 Å². The smallest absolute Gasteiger partial charge is 0.258 e. The van der Waals surface area contributed by atoms with Gasteiger partial charge in [0.1, 0.15) is 5.56 Å². The number of benzene rings is 1. The van der Waals surface area contributed by atoms with Crippen LogP contribution in [-0.4, -0.2) is 22.3 Å². The average Bonchev–Trinajstić information content (AvgIpc) is 2.90. The van der Waals surface area contributed by atoms with Crippen molar-refractivity contribution in [3.05, 3.63) is 46.6 Å². The summed E-state index contributed by atoms with van der Waals surface area (Å²) in [6.45, 7) is 1.86. The third-order valence-electron chi connectivity index (χ3n) is 3.16. The van der Waals surface area contributed by atoms with E-state index >= 15 is 0 Å². The number of carbonyl (C=O) groups is 1. The molecule has 0 radical (unpaired) electrons. The topological polar surface area (TPSA) is 56.2 Å².